The first-order valence-corrected chi connectivity index (χ1v) is 8.06. The number of phenols is 1. The van der Waals surface area contributed by atoms with Crippen LogP contribution in [0.15, 0.2) is 54.6 Å². The maximum atomic E-state index is 12.2. The number of benzene rings is 2. The number of hydrogen-bond acceptors (Lipinski definition) is 4. The average Bonchev–Trinajstić information content (AvgIpc) is 2.61. The van der Waals surface area contributed by atoms with Crippen LogP contribution in [0.4, 0.5) is 4.79 Å². The summed E-state index contributed by atoms with van der Waals surface area (Å²) < 4.78 is 5.32. The predicted molar refractivity (Wildman–Crippen MR) is 89.7 cm³/mol. The van der Waals surface area contributed by atoms with Crippen LogP contribution in [-0.4, -0.2) is 40.4 Å². The molecule has 0 saturated carbocycles. The van der Waals surface area contributed by atoms with Gasteiger partial charge in [0.05, 0.1) is 12.6 Å². The summed E-state index contributed by atoms with van der Waals surface area (Å²) in [5, 5.41) is 19.7. The number of aliphatic hydroxyl groups is 1. The standard InChI is InChI=1S/C19H21NO4/c21-16-8-6-15(7-9-16)17-10-11-20(12-18(17)22)19(23)24-13-14-4-2-1-3-5-14/h1-9,17-18,21-22H,10-13H2/t17-,18+/m0/s1. The summed E-state index contributed by atoms with van der Waals surface area (Å²) in [4.78, 5) is 13.7. The zero-order valence-corrected chi connectivity index (χ0v) is 13.3. The molecule has 0 aliphatic carbocycles. The van der Waals surface area contributed by atoms with Gasteiger partial charge in [0.1, 0.15) is 12.4 Å². The van der Waals surface area contributed by atoms with Gasteiger partial charge in [-0.2, -0.15) is 0 Å². The van der Waals surface area contributed by atoms with E-state index in [4.69, 9.17) is 4.74 Å². The highest BCUT2D eigenvalue weighted by atomic mass is 16.6. The Bertz CT molecular complexity index is 672. The van der Waals surface area contributed by atoms with Crippen molar-refractivity contribution in [2.45, 2.75) is 25.0 Å². The van der Waals surface area contributed by atoms with Crippen molar-refractivity contribution in [3.8, 4) is 5.75 Å². The highest BCUT2D eigenvalue weighted by molar-refractivity contribution is 5.68. The smallest absolute Gasteiger partial charge is 0.410 e. The molecule has 24 heavy (non-hydrogen) atoms. The molecule has 2 aromatic carbocycles. The van der Waals surface area contributed by atoms with Gasteiger partial charge in [-0.1, -0.05) is 42.5 Å². The number of β-amino-alcohol motifs (C(OH)–C–C–N with tert-alkyl or cyclic N) is 1. The first-order chi connectivity index (χ1) is 11.6. The van der Waals surface area contributed by atoms with E-state index < -0.39 is 12.2 Å². The Morgan fingerprint density at radius 3 is 2.50 bits per heavy atom. The Balaban J connectivity index is 1.54. The van der Waals surface area contributed by atoms with Gasteiger partial charge in [0.15, 0.2) is 0 Å². The predicted octanol–water partition coefficient (Wildman–Crippen LogP) is 2.88. The Morgan fingerprint density at radius 1 is 1.12 bits per heavy atom. The lowest BCUT2D eigenvalue weighted by atomic mass is 9.87. The number of aliphatic hydroxyl groups excluding tert-OH is 1. The zero-order chi connectivity index (χ0) is 16.9. The van der Waals surface area contributed by atoms with Crippen LogP contribution in [0.5, 0.6) is 5.75 Å². The minimum absolute atomic E-state index is 0.0382. The molecule has 1 aliphatic rings. The van der Waals surface area contributed by atoms with Crippen molar-refractivity contribution in [1.29, 1.82) is 0 Å². The van der Waals surface area contributed by atoms with Gasteiger partial charge in [0.2, 0.25) is 0 Å². The second-order valence-corrected chi connectivity index (χ2v) is 6.04. The van der Waals surface area contributed by atoms with Crippen molar-refractivity contribution < 1.29 is 19.7 Å². The maximum absolute atomic E-state index is 12.2. The molecular weight excluding hydrogens is 306 g/mol. The number of aromatic hydroxyl groups is 1. The number of ether oxygens (including phenoxy) is 1. The van der Waals surface area contributed by atoms with Crippen LogP contribution in [0.3, 0.4) is 0 Å². The van der Waals surface area contributed by atoms with Crippen molar-refractivity contribution >= 4 is 6.09 Å². The number of hydrogen-bond donors (Lipinski definition) is 2. The van der Waals surface area contributed by atoms with E-state index >= 15 is 0 Å². The Morgan fingerprint density at radius 2 is 1.83 bits per heavy atom. The van der Waals surface area contributed by atoms with Crippen LogP contribution in [0, 0.1) is 0 Å². The third kappa shape index (κ3) is 3.86. The van der Waals surface area contributed by atoms with E-state index in [-0.39, 0.29) is 24.8 Å². The summed E-state index contributed by atoms with van der Waals surface area (Å²) in [7, 11) is 0. The molecule has 0 aromatic heterocycles. The molecule has 2 N–H and O–H groups in total. The summed E-state index contributed by atoms with van der Waals surface area (Å²) in [6.45, 7) is 1.02. The van der Waals surface area contributed by atoms with Gasteiger partial charge in [-0.15, -0.1) is 0 Å². The molecule has 126 valence electrons. The monoisotopic (exact) mass is 327 g/mol. The van der Waals surface area contributed by atoms with Gasteiger partial charge in [-0.25, -0.2) is 4.79 Å². The van der Waals surface area contributed by atoms with Crippen LogP contribution in [0.1, 0.15) is 23.5 Å². The SMILES string of the molecule is O=C(OCc1ccccc1)N1CC[C@@H](c2ccc(O)cc2)[C@H](O)C1. The second kappa shape index (κ2) is 7.36. The van der Waals surface area contributed by atoms with Gasteiger partial charge in [0, 0.05) is 12.5 Å². The van der Waals surface area contributed by atoms with Gasteiger partial charge < -0.3 is 19.8 Å². The maximum Gasteiger partial charge on any atom is 0.410 e. The minimum atomic E-state index is -0.646. The summed E-state index contributed by atoms with van der Waals surface area (Å²) in [5.41, 5.74) is 1.91. The fraction of sp³-hybridized carbons (Fsp3) is 0.316. The van der Waals surface area contributed by atoms with Crippen molar-refractivity contribution in [1.82, 2.24) is 4.90 Å². The summed E-state index contributed by atoms with van der Waals surface area (Å²) in [5.74, 6) is 0.166. The molecule has 2 aromatic rings. The van der Waals surface area contributed by atoms with Crippen molar-refractivity contribution in [3.05, 3.63) is 65.7 Å². The van der Waals surface area contributed by atoms with Gasteiger partial charge in [0.25, 0.3) is 0 Å². The minimum Gasteiger partial charge on any atom is -0.508 e. The normalized spacial score (nSPS) is 20.6. The van der Waals surface area contributed by atoms with Gasteiger partial charge >= 0.3 is 6.09 Å². The van der Waals surface area contributed by atoms with Gasteiger partial charge in [-0.05, 0) is 29.7 Å². The number of nitrogens with zero attached hydrogens (tertiary/aromatic N) is 1. The Labute approximate surface area is 141 Å². The highest BCUT2D eigenvalue weighted by Gasteiger charge is 2.31. The molecule has 0 bridgehead atoms. The van der Waals surface area contributed by atoms with Crippen LogP contribution < -0.4 is 0 Å². The van der Waals surface area contributed by atoms with Crippen molar-refractivity contribution in [2.24, 2.45) is 0 Å². The van der Waals surface area contributed by atoms with Crippen LogP contribution in [0.25, 0.3) is 0 Å². The van der Waals surface area contributed by atoms with Crippen molar-refractivity contribution in [2.75, 3.05) is 13.1 Å². The molecule has 0 radical (unpaired) electrons. The Kier molecular flexibility index (Phi) is 5.01. The number of carbonyl (C=O) groups is 1. The first-order valence-electron chi connectivity index (χ1n) is 8.06. The van der Waals surface area contributed by atoms with E-state index in [0.717, 1.165) is 11.1 Å². The second-order valence-electron chi connectivity index (χ2n) is 6.04. The molecule has 1 heterocycles. The number of likely N-dealkylation sites (tertiary alicyclic amines) is 1. The Hall–Kier alpha value is -2.53. The molecular formula is C19H21NO4. The van der Waals surface area contributed by atoms with Gasteiger partial charge in [-0.3, -0.25) is 0 Å². The largest absolute Gasteiger partial charge is 0.508 e. The summed E-state index contributed by atoms with van der Waals surface area (Å²) in [6, 6.07) is 16.4. The molecule has 2 atom stereocenters. The lowest BCUT2D eigenvalue weighted by molar-refractivity contribution is 0.0344. The molecule has 5 nitrogen and oxygen atoms in total. The molecule has 1 fully saturated rings. The number of amides is 1. The molecule has 3 rings (SSSR count). The van der Waals surface area contributed by atoms with Crippen molar-refractivity contribution in [3.63, 3.8) is 0 Å². The van der Waals surface area contributed by atoms with E-state index in [1.807, 2.05) is 42.5 Å². The fourth-order valence-electron chi connectivity index (χ4n) is 3.02. The average molecular weight is 327 g/mol. The van der Waals surface area contributed by atoms with E-state index in [2.05, 4.69) is 0 Å². The van der Waals surface area contributed by atoms with E-state index in [0.29, 0.717) is 13.0 Å². The van der Waals surface area contributed by atoms with Crippen LogP contribution in [-0.2, 0) is 11.3 Å². The third-order valence-electron chi connectivity index (χ3n) is 4.37. The number of carbonyl (C=O) groups excluding carboxylic acids is 1. The summed E-state index contributed by atoms with van der Waals surface area (Å²) >= 11 is 0. The summed E-state index contributed by atoms with van der Waals surface area (Å²) in [6.07, 6.45) is -0.388. The van der Waals surface area contributed by atoms with Crippen LogP contribution >= 0.6 is 0 Å². The number of rotatable bonds is 3. The third-order valence-corrected chi connectivity index (χ3v) is 4.37. The molecule has 0 spiro atoms. The van der Waals surface area contributed by atoms with E-state index in [1.54, 1.807) is 17.0 Å². The lowest BCUT2D eigenvalue weighted by Crippen LogP contribution is -2.45. The molecule has 1 saturated heterocycles. The zero-order valence-electron chi connectivity index (χ0n) is 13.3. The molecule has 5 heteroatoms. The fourth-order valence-corrected chi connectivity index (χ4v) is 3.02. The van der Waals surface area contributed by atoms with E-state index in [9.17, 15) is 15.0 Å². The quantitative estimate of drug-likeness (QED) is 0.909. The lowest BCUT2D eigenvalue weighted by Gasteiger charge is -2.35. The topological polar surface area (TPSA) is 70.0 Å². The highest BCUT2D eigenvalue weighted by Crippen LogP contribution is 2.29. The number of phenolic OH excluding ortho intramolecular Hbond substituents is 1. The van der Waals surface area contributed by atoms with E-state index in [1.165, 1.54) is 0 Å². The number of piperidine rings is 1. The molecule has 1 aliphatic heterocycles. The molecule has 1 amide bonds. The molecule has 0 unspecified atom stereocenters. The first kappa shape index (κ1) is 16.3. The van der Waals surface area contributed by atoms with Crippen LogP contribution in [0.2, 0.25) is 0 Å².